The highest BCUT2D eigenvalue weighted by molar-refractivity contribution is 9.10. The Kier molecular flexibility index (Phi) is 5.02. The van der Waals surface area contributed by atoms with E-state index in [2.05, 4.69) is 36.4 Å². The van der Waals surface area contributed by atoms with E-state index in [1.165, 1.54) is 30.5 Å². The van der Waals surface area contributed by atoms with Gasteiger partial charge in [-0.3, -0.25) is 4.79 Å². The molecule has 30 heavy (non-hydrogen) atoms. The molecule has 0 spiro atoms. The van der Waals surface area contributed by atoms with Crippen molar-refractivity contribution >= 4 is 38.8 Å². The topological polar surface area (TPSA) is 80.9 Å². The maximum absolute atomic E-state index is 13.5. The van der Waals surface area contributed by atoms with Gasteiger partial charge in [-0.05, 0) is 47.1 Å². The number of fused-ring (bicyclic) bond motifs is 1. The van der Waals surface area contributed by atoms with Crippen molar-refractivity contribution < 1.29 is 22.5 Å². The maximum Gasteiger partial charge on any atom is 0.417 e. The van der Waals surface area contributed by atoms with Crippen molar-refractivity contribution in [1.82, 2.24) is 15.1 Å². The van der Waals surface area contributed by atoms with Crippen LogP contribution >= 0.6 is 15.9 Å². The molecule has 0 aliphatic carbocycles. The molecule has 0 aliphatic heterocycles. The zero-order valence-corrected chi connectivity index (χ0v) is 16.9. The molecule has 0 saturated heterocycles. The second-order valence-corrected chi connectivity index (χ2v) is 7.28. The van der Waals surface area contributed by atoms with Gasteiger partial charge >= 0.3 is 6.18 Å². The average molecular weight is 477 g/mol. The molecule has 10 heteroatoms. The van der Waals surface area contributed by atoms with Gasteiger partial charge in [0.1, 0.15) is 5.82 Å². The van der Waals surface area contributed by atoms with Gasteiger partial charge < -0.3 is 9.84 Å². The summed E-state index contributed by atoms with van der Waals surface area (Å²) in [6, 6.07) is 9.58. The first kappa shape index (κ1) is 20.0. The molecule has 3 heterocycles. The van der Waals surface area contributed by atoms with Gasteiger partial charge in [-0.2, -0.15) is 13.2 Å². The predicted octanol–water partition coefficient (Wildman–Crippen LogP) is 5.63. The van der Waals surface area contributed by atoms with Gasteiger partial charge in [0.15, 0.2) is 0 Å². The number of hydrogen-bond donors (Lipinski definition) is 1. The molecule has 0 radical (unpaired) electrons. The molecule has 1 aromatic carbocycles. The van der Waals surface area contributed by atoms with Crippen molar-refractivity contribution in [3.63, 3.8) is 0 Å². The first-order valence-corrected chi connectivity index (χ1v) is 9.40. The fourth-order valence-corrected chi connectivity index (χ4v) is 3.23. The van der Waals surface area contributed by atoms with Crippen molar-refractivity contribution in [3.05, 3.63) is 70.0 Å². The smallest absolute Gasteiger partial charge is 0.335 e. The van der Waals surface area contributed by atoms with Gasteiger partial charge in [-0.15, -0.1) is 0 Å². The Morgan fingerprint density at radius 3 is 2.63 bits per heavy atom. The Morgan fingerprint density at radius 2 is 1.93 bits per heavy atom. The van der Waals surface area contributed by atoms with E-state index in [0.29, 0.717) is 11.1 Å². The van der Waals surface area contributed by atoms with Crippen LogP contribution in [0.1, 0.15) is 21.6 Å². The third kappa shape index (κ3) is 3.78. The third-order valence-corrected chi connectivity index (χ3v) is 4.81. The van der Waals surface area contributed by atoms with Gasteiger partial charge in [0.25, 0.3) is 11.6 Å². The summed E-state index contributed by atoms with van der Waals surface area (Å²) in [5, 5.41) is 6.75. The second-order valence-electron chi connectivity index (χ2n) is 6.36. The number of nitrogens with zero attached hydrogens (tertiary/aromatic N) is 3. The van der Waals surface area contributed by atoms with Crippen molar-refractivity contribution in [2.45, 2.75) is 13.1 Å². The monoisotopic (exact) mass is 476 g/mol. The first-order chi connectivity index (χ1) is 14.2. The number of anilines is 1. The Morgan fingerprint density at radius 1 is 1.17 bits per heavy atom. The van der Waals surface area contributed by atoms with E-state index in [9.17, 15) is 18.0 Å². The lowest BCUT2D eigenvalue weighted by molar-refractivity contribution is -0.137. The molecule has 1 N–H and O–H groups in total. The van der Waals surface area contributed by atoms with Crippen molar-refractivity contribution in [2.75, 3.05) is 5.32 Å². The summed E-state index contributed by atoms with van der Waals surface area (Å²) in [5.41, 5.74) is -0.653. The van der Waals surface area contributed by atoms with Crippen LogP contribution in [0, 0.1) is 6.92 Å². The minimum atomic E-state index is -4.59. The van der Waals surface area contributed by atoms with Gasteiger partial charge in [0, 0.05) is 16.2 Å². The van der Waals surface area contributed by atoms with Crippen molar-refractivity contribution in [3.8, 4) is 11.3 Å². The lowest BCUT2D eigenvalue weighted by atomic mass is 10.0. The van der Waals surface area contributed by atoms with Crippen LogP contribution in [0.5, 0.6) is 0 Å². The summed E-state index contributed by atoms with van der Waals surface area (Å²) in [4.78, 5) is 21.2. The van der Waals surface area contributed by atoms with E-state index in [0.717, 1.165) is 10.5 Å². The number of benzene rings is 1. The molecule has 3 aromatic heterocycles. The number of carbonyl (C=O) groups is 1. The molecule has 4 rings (SSSR count). The molecule has 152 valence electrons. The number of amides is 1. The maximum atomic E-state index is 13.5. The lowest BCUT2D eigenvalue weighted by Crippen LogP contribution is -2.14. The minimum Gasteiger partial charge on any atom is -0.335 e. The molecule has 6 nitrogen and oxygen atoms in total. The number of aromatic nitrogens is 3. The molecule has 1 amide bonds. The number of rotatable bonds is 3. The number of aryl methyl sites for hydroxylation is 1. The Bertz CT molecular complexity index is 1250. The van der Waals surface area contributed by atoms with Crippen LogP contribution in [0.25, 0.3) is 22.4 Å². The number of pyridine rings is 2. The quantitative estimate of drug-likeness (QED) is 0.414. The summed E-state index contributed by atoms with van der Waals surface area (Å²) in [6.07, 6.45) is -3.08. The Hall–Kier alpha value is -3.27. The summed E-state index contributed by atoms with van der Waals surface area (Å²) >= 11 is 3.26. The SMILES string of the molecule is Cc1noc2nc(-c3ccccc3C(F)(F)F)cc(C(=O)Nc3ccc(Br)cn3)c12. The summed E-state index contributed by atoms with van der Waals surface area (Å²) in [7, 11) is 0. The second kappa shape index (κ2) is 7.52. The number of alkyl halides is 3. The molecular weight excluding hydrogens is 465 g/mol. The molecule has 0 atom stereocenters. The van der Waals surface area contributed by atoms with E-state index in [4.69, 9.17) is 4.52 Å². The van der Waals surface area contributed by atoms with Crippen molar-refractivity contribution in [1.29, 1.82) is 0 Å². The highest BCUT2D eigenvalue weighted by Crippen LogP contribution is 2.37. The van der Waals surface area contributed by atoms with Crippen LogP contribution < -0.4 is 5.32 Å². The van der Waals surface area contributed by atoms with E-state index >= 15 is 0 Å². The minimum absolute atomic E-state index is 0.0316. The summed E-state index contributed by atoms with van der Waals surface area (Å²) in [6.45, 7) is 1.62. The molecule has 0 saturated carbocycles. The van der Waals surface area contributed by atoms with Gasteiger partial charge in [0.2, 0.25) is 0 Å². The molecule has 0 bridgehead atoms. The van der Waals surface area contributed by atoms with Gasteiger partial charge in [-0.1, -0.05) is 23.4 Å². The zero-order chi connectivity index (χ0) is 21.5. The zero-order valence-electron chi connectivity index (χ0n) is 15.3. The first-order valence-electron chi connectivity index (χ1n) is 8.60. The Balaban J connectivity index is 1.86. The molecule has 0 unspecified atom stereocenters. The van der Waals surface area contributed by atoms with E-state index in [-0.39, 0.29) is 28.4 Å². The number of hydrogen-bond acceptors (Lipinski definition) is 5. The van der Waals surface area contributed by atoms with Crippen LogP contribution in [-0.4, -0.2) is 21.0 Å². The van der Waals surface area contributed by atoms with Crippen LogP contribution in [0.4, 0.5) is 19.0 Å². The Labute approximate surface area is 176 Å². The number of halogens is 4. The summed E-state index contributed by atoms with van der Waals surface area (Å²) in [5.74, 6) is -0.297. The van der Waals surface area contributed by atoms with Crippen molar-refractivity contribution in [2.24, 2.45) is 0 Å². The lowest BCUT2D eigenvalue weighted by Gasteiger charge is -2.13. The largest absolute Gasteiger partial charge is 0.417 e. The highest BCUT2D eigenvalue weighted by atomic mass is 79.9. The fraction of sp³-hybridized carbons (Fsp3) is 0.100. The highest BCUT2D eigenvalue weighted by Gasteiger charge is 2.34. The summed E-state index contributed by atoms with van der Waals surface area (Å²) < 4.78 is 46.3. The predicted molar refractivity (Wildman–Crippen MR) is 107 cm³/mol. The van der Waals surface area contributed by atoms with Gasteiger partial charge in [-0.25, -0.2) is 9.97 Å². The standard InChI is InChI=1S/C20H12BrF3N4O2/c1-10-17-13(18(29)27-16-7-6-11(21)9-25-16)8-15(26-19(17)30-28-10)12-4-2-3-5-14(12)20(22,23)24/h2-9H,1H3,(H,25,27,29). The van der Waals surface area contributed by atoms with E-state index in [1.807, 2.05) is 0 Å². The fourth-order valence-electron chi connectivity index (χ4n) is 3.00. The van der Waals surface area contributed by atoms with E-state index in [1.54, 1.807) is 19.1 Å². The number of nitrogens with one attached hydrogen (secondary N) is 1. The van der Waals surface area contributed by atoms with Gasteiger partial charge in [0.05, 0.1) is 27.9 Å². The average Bonchev–Trinajstić information content (AvgIpc) is 3.09. The van der Waals surface area contributed by atoms with Crippen LogP contribution in [-0.2, 0) is 6.18 Å². The molecule has 0 aliphatic rings. The number of carbonyl (C=O) groups excluding carboxylic acids is 1. The molecule has 0 fully saturated rings. The third-order valence-electron chi connectivity index (χ3n) is 4.34. The van der Waals surface area contributed by atoms with Crippen LogP contribution in [0.3, 0.4) is 0 Å². The molecular formula is C20H12BrF3N4O2. The van der Waals surface area contributed by atoms with Crippen LogP contribution in [0.2, 0.25) is 0 Å². The molecule has 4 aromatic rings. The van der Waals surface area contributed by atoms with Crippen LogP contribution in [0.15, 0.2) is 57.7 Å². The van der Waals surface area contributed by atoms with E-state index < -0.39 is 17.6 Å². The normalized spacial score (nSPS) is 11.6.